The van der Waals surface area contributed by atoms with Gasteiger partial charge in [-0.3, -0.25) is 0 Å². The van der Waals surface area contributed by atoms with Crippen LogP contribution in [0.15, 0.2) is 29.6 Å². The maximum Gasteiger partial charge on any atom is 0.122 e. The largest absolute Gasteiger partial charge is 0.493 e. The predicted molar refractivity (Wildman–Crippen MR) is 78.1 cm³/mol. The second-order valence-corrected chi connectivity index (χ2v) is 5.88. The SMILES string of the molecule is CNC(Cc1nc(C)cs1)C1COc2ccccc21. The maximum atomic E-state index is 5.78. The van der Waals surface area contributed by atoms with Crippen LogP contribution in [0, 0.1) is 6.92 Å². The molecule has 2 aromatic rings. The third-order valence-electron chi connectivity index (χ3n) is 3.65. The smallest absolute Gasteiger partial charge is 0.122 e. The molecule has 0 amide bonds. The average molecular weight is 274 g/mol. The van der Waals surface area contributed by atoms with E-state index in [0.717, 1.165) is 24.5 Å². The normalized spacial score (nSPS) is 18.9. The summed E-state index contributed by atoms with van der Waals surface area (Å²) < 4.78 is 5.78. The summed E-state index contributed by atoms with van der Waals surface area (Å²) in [5.74, 6) is 1.44. The van der Waals surface area contributed by atoms with Gasteiger partial charge in [0.15, 0.2) is 0 Å². The number of rotatable bonds is 4. The highest BCUT2D eigenvalue weighted by atomic mass is 32.1. The van der Waals surface area contributed by atoms with Crippen molar-refractivity contribution >= 4 is 11.3 Å². The van der Waals surface area contributed by atoms with Crippen molar-refractivity contribution in [1.29, 1.82) is 0 Å². The quantitative estimate of drug-likeness (QED) is 0.931. The molecule has 1 aromatic carbocycles. The first kappa shape index (κ1) is 12.6. The van der Waals surface area contributed by atoms with Gasteiger partial charge in [-0.15, -0.1) is 11.3 Å². The Morgan fingerprint density at radius 2 is 2.32 bits per heavy atom. The van der Waals surface area contributed by atoms with Crippen molar-refractivity contribution in [2.75, 3.05) is 13.7 Å². The molecule has 1 aromatic heterocycles. The molecule has 0 radical (unpaired) electrons. The Balaban J connectivity index is 1.80. The van der Waals surface area contributed by atoms with Crippen molar-refractivity contribution in [3.05, 3.63) is 45.9 Å². The summed E-state index contributed by atoms with van der Waals surface area (Å²) in [6.45, 7) is 2.80. The Hall–Kier alpha value is -1.39. The molecule has 1 aliphatic heterocycles. The van der Waals surface area contributed by atoms with Crippen LogP contribution in [-0.2, 0) is 6.42 Å². The Morgan fingerprint density at radius 3 is 3.05 bits per heavy atom. The highest BCUT2D eigenvalue weighted by Gasteiger charge is 2.30. The van der Waals surface area contributed by atoms with Crippen LogP contribution in [0.3, 0.4) is 0 Å². The van der Waals surface area contributed by atoms with E-state index in [1.165, 1.54) is 10.6 Å². The molecule has 2 atom stereocenters. The first-order valence-corrected chi connectivity index (χ1v) is 7.46. The van der Waals surface area contributed by atoms with Gasteiger partial charge < -0.3 is 10.1 Å². The number of nitrogens with one attached hydrogen (secondary N) is 1. The summed E-state index contributed by atoms with van der Waals surface area (Å²) in [4.78, 5) is 4.56. The summed E-state index contributed by atoms with van der Waals surface area (Å²) in [5.41, 5.74) is 2.42. The summed E-state index contributed by atoms with van der Waals surface area (Å²) in [6, 6.07) is 8.70. The minimum Gasteiger partial charge on any atom is -0.493 e. The molecule has 0 spiro atoms. The second-order valence-electron chi connectivity index (χ2n) is 4.94. The van der Waals surface area contributed by atoms with E-state index in [4.69, 9.17) is 4.74 Å². The van der Waals surface area contributed by atoms with Gasteiger partial charge in [-0.1, -0.05) is 18.2 Å². The molecule has 2 unspecified atom stereocenters. The molecule has 1 N–H and O–H groups in total. The summed E-state index contributed by atoms with van der Waals surface area (Å²) in [5, 5.41) is 6.74. The van der Waals surface area contributed by atoms with Gasteiger partial charge in [0.25, 0.3) is 0 Å². The van der Waals surface area contributed by atoms with Gasteiger partial charge in [0.05, 0.1) is 11.6 Å². The second kappa shape index (κ2) is 5.31. The zero-order valence-electron chi connectivity index (χ0n) is 11.2. The summed E-state index contributed by atoms with van der Waals surface area (Å²) in [6.07, 6.45) is 0.956. The Morgan fingerprint density at radius 1 is 1.47 bits per heavy atom. The first-order chi connectivity index (χ1) is 9.28. The molecule has 0 aliphatic carbocycles. The highest BCUT2D eigenvalue weighted by molar-refractivity contribution is 7.09. The van der Waals surface area contributed by atoms with Gasteiger partial charge in [0.2, 0.25) is 0 Å². The van der Waals surface area contributed by atoms with E-state index in [2.05, 4.69) is 33.9 Å². The number of thiazole rings is 1. The van der Waals surface area contributed by atoms with Crippen molar-refractivity contribution in [1.82, 2.24) is 10.3 Å². The van der Waals surface area contributed by atoms with E-state index in [9.17, 15) is 0 Å². The van der Waals surface area contributed by atoms with Gasteiger partial charge >= 0.3 is 0 Å². The van der Waals surface area contributed by atoms with Gasteiger partial charge in [-0.05, 0) is 20.0 Å². The zero-order valence-corrected chi connectivity index (χ0v) is 12.0. The first-order valence-electron chi connectivity index (χ1n) is 6.58. The van der Waals surface area contributed by atoms with Crippen molar-refractivity contribution in [3.8, 4) is 5.75 Å². The van der Waals surface area contributed by atoms with Crippen LogP contribution in [0.4, 0.5) is 0 Å². The van der Waals surface area contributed by atoms with Crippen LogP contribution in [-0.4, -0.2) is 24.7 Å². The molecule has 0 bridgehead atoms. The van der Waals surface area contributed by atoms with E-state index >= 15 is 0 Å². The lowest BCUT2D eigenvalue weighted by molar-refractivity contribution is 0.302. The van der Waals surface area contributed by atoms with Crippen molar-refractivity contribution < 1.29 is 4.74 Å². The topological polar surface area (TPSA) is 34.2 Å². The fourth-order valence-corrected chi connectivity index (χ4v) is 3.48. The third kappa shape index (κ3) is 2.51. The lowest BCUT2D eigenvalue weighted by Gasteiger charge is -2.21. The van der Waals surface area contributed by atoms with Crippen LogP contribution in [0.5, 0.6) is 5.75 Å². The number of likely N-dealkylation sites (N-methyl/N-ethyl adjacent to an activating group) is 1. The van der Waals surface area contributed by atoms with Gasteiger partial charge in [-0.2, -0.15) is 0 Å². The van der Waals surface area contributed by atoms with Gasteiger partial charge in [-0.25, -0.2) is 4.98 Å². The summed E-state index contributed by atoms with van der Waals surface area (Å²) >= 11 is 1.74. The predicted octanol–water partition coefficient (Wildman–Crippen LogP) is 2.76. The Labute approximate surface area is 117 Å². The van der Waals surface area contributed by atoms with Crippen LogP contribution in [0.1, 0.15) is 22.2 Å². The third-order valence-corrected chi connectivity index (χ3v) is 4.64. The minimum atomic E-state index is 0.370. The van der Waals surface area contributed by atoms with Crippen molar-refractivity contribution in [3.63, 3.8) is 0 Å². The van der Waals surface area contributed by atoms with Crippen molar-refractivity contribution in [2.45, 2.75) is 25.3 Å². The number of fused-ring (bicyclic) bond motifs is 1. The van der Waals surface area contributed by atoms with Gasteiger partial charge in [0, 0.05) is 35.0 Å². The maximum absolute atomic E-state index is 5.78. The number of benzene rings is 1. The number of aryl methyl sites for hydroxylation is 1. The van der Waals surface area contributed by atoms with Crippen LogP contribution in [0.25, 0.3) is 0 Å². The summed E-state index contributed by atoms with van der Waals surface area (Å²) in [7, 11) is 2.02. The lowest BCUT2D eigenvalue weighted by atomic mass is 9.91. The van der Waals surface area contributed by atoms with Crippen LogP contribution >= 0.6 is 11.3 Å². The zero-order chi connectivity index (χ0) is 13.2. The standard InChI is InChI=1S/C15H18N2OS/c1-10-9-19-15(17-10)7-13(16-2)12-8-18-14-6-4-3-5-11(12)14/h3-6,9,12-13,16H,7-8H2,1-2H3. The Bertz CT molecular complexity index is 567. The average Bonchev–Trinajstić information content (AvgIpc) is 3.02. The molecular formula is C15H18N2OS. The highest BCUT2D eigenvalue weighted by Crippen LogP contribution is 2.36. The lowest BCUT2D eigenvalue weighted by Crippen LogP contribution is -2.35. The molecule has 0 fully saturated rings. The number of hydrogen-bond donors (Lipinski definition) is 1. The molecule has 0 saturated carbocycles. The van der Waals surface area contributed by atoms with E-state index in [1.54, 1.807) is 11.3 Å². The number of para-hydroxylation sites is 1. The molecule has 4 heteroatoms. The fraction of sp³-hybridized carbons (Fsp3) is 0.400. The fourth-order valence-electron chi connectivity index (χ4n) is 2.65. The van der Waals surface area contributed by atoms with E-state index in [1.807, 2.05) is 20.0 Å². The number of aromatic nitrogens is 1. The van der Waals surface area contributed by atoms with E-state index < -0.39 is 0 Å². The molecule has 0 saturated heterocycles. The molecule has 100 valence electrons. The van der Waals surface area contributed by atoms with Gasteiger partial charge in [0.1, 0.15) is 5.75 Å². The van der Waals surface area contributed by atoms with Crippen molar-refractivity contribution in [2.24, 2.45) is 0 Å². The van der Waals surface area contributed by atoms with Crippen LogP contribution in [0.2, 0.25) is 0 Å². The van der Waals surface area contributed by atoms with Crippen LogP contribution < -0.4 is 10.1 Å². The molecule has 3 nitrogen and oxygen atoms in total. The number of ether oxygens (including phenoxy) is 1. The van der Waals surface area contributed by atoms with E-state index in [0.29, 0.717) is 12.0 Å². The number of hydrogen-bond acceptors (Lipinski definition) is 4. The Kier molecular flexibility index (Phi) is 3.53. The number of nitrogens with zero attached hydrogens (tertiary/aromatic N) is 1. The molecular weight excluding hydrogens is 256 g/mol. The molecule has 3 rings (SSSR count). The van der Waals surface area contributed by atoms with E-state index in [-0.39, 0.29) is 0 Å². The molecule has 1 aliphatic rings. The minimum absolute atomic E-state index is 0.370. The monoisotopic (exact) mass is 274 g/mol. The molecule has 19 heavy (non-hydrogen) atoms. The molecule has 2 heterocycles.